The molecular formula is C22H28N4O3S. The van der Waals surface area contributed by atoms with Gasteiger partial charge in [-0.25, -0.2) is 18.4 Å². The SMILES string of the molecule is Cc1ccc(C2CCCN2c2cnc(C(=O)N[C@H](C)/C=C/S(C)(=O)=O)cn2)c(C)c1. The zero-order chi connectivity index (χ0) is 21.9. The second kappa shape index (κ2) is 8.95. The van der Waals surface area contributed by atoms with Gasteiger partial charge in [-0.15, -0.1) is 0 Å². The van der Waals surface area contributed by atoms with Crippen LogP contribution >= 0.6 is 0 Å². The molecule has 0 saturated carbocycles. The van der Waals surface area contributed by atoms with Crippen molar-refractivity contribution in [3.8, 4) is 0 Å². The number of anilines is 1. The summed E-state index contributed by atoms with van der Waals surface area (Å²) >= 11 is 0. The van der Waals surface area contributed by atoms with Crippen LogP contribution in [-0.2, 0) is 9.84 Å². The maximum absolute atomic E-state index is 12.4. The van der Waals surface area contributed by atoms with Crippen molar-refractivity contribution in [2.45, 2.75) is 45.7 Å². The Kier molecular flexibility index (Phi) is 6.55. The minimum absolute atomic E-state index is 0.195. The number of hydrogen-bond acceptors (Lipinski definition) is 6. The fraction of sp³-hybridized carbons (Fsp3) is 0.409. The molecule has 2 aromatic rings. The van der Waals surface area contributed by atoms with Gasteiger partial charge in [0, 0.05) is 24.3 Å². The Bertz CT molecular complexity index is 1050. The van der Waals surface area contributed by atoms with Crippen molar-refractivity contribution in [2.75, 3.05) is 17.7 Å². The van der Waals surface area contributed by atoms with Gasteiger partial charge in [0.15, 0.2) is 9.84 Å². The lowest BCUT2D eigenvalue weighted by Gasteiger charge is -2.27. The van der Waals surface area contributed by atoms with Crippen LogP contribution in [0, 0.1) is 13.8 Å². The van der Waals surface area contributed by atoms with Crippen LogP contribution in [0.4, 0.5) is 5.82 Å². The highest BCUT2D eigenvalue weighted by molar-refractivity contribution is 7.93. The van der Waals surface area contributed by atoms with E-state index in [4.69, 9.17) is 0 Å². The van der Waals surface area contributed by atoms with Crippen LogP contribution in [-0.4, -0.2) is 43.1 Å². The Hall–Kier alpha value is -2.74. The number of carbonyl (C=O) groups excluding carboxylic acids is 1. The lowest BCUT2D eigenvalue weighted by Crippen LogP contribution is -2.32. The highest BCUT2D eigenvalue weighted by Gasteiger charge is 2.28. The Morgan fingerprint density at radius 2 is 2.03 bits per heavy atom. The van der Waals surface area contributed by atoms with Crippen molar-refractivity contribution in [3.05, 3.63) is 64.5 Å². The fourth-order valence-corrected chi connectivity index (χ4v) is 4.26. The van der Waals surface area contributed by atoms with Crippen LogP contribution in [0.2, 0.25) is 0 Å². The van der Waals surface area contributed by atoms with Gasteiger partial charge < -0.3 is 10.2 Å². The lowest BCUT2D eigenvalue weighted by molar-refractivity contribution is 0.0941. The summed E-state index contributed by atoms with van der Waals surface area (Å²) in [6.45, 7) is 6.82. The van der Waals surface area contributed by atoms with Gasteiger partial charge in [-0.3, -0.25) is 4.79 Å². The average molecular weight is 429 g/mol. The van der Waals surface area contributed by atoms with Crippen LogP contribution in [0.5, 0.6) is 0 Å². The first kappa shape index (κ1) is 22.0. The molecule has 3 rings (SSSR count). The third-order valence-electron chi connectivity index (χ3n) is 5.18. The summed E-state index contributed by atoms with van der Waals surface area (Å²) in [4.78, 5) is 23.4. The summed E-state index contributed by atoms with van der Waals surface area (Å²) < 4.78 is 22.4. The first-order chi connectivity index (χ1) is 14.1. The minimum Gasteiger partial charge on any atom is -0.348 e. The van der Waals surface area contributed by atoms with Crippen molar-refractivity contribution in [1.82, 2.24) is 15.3 Å². The number of aryl methyl sites for hydroxylation is 2. The van der Waals surface area contributed by atoms with Crippen molar-refractivity contribution in [3.63, 3.8) is 0 Å². The molecule has 1 unspecified atom stereocenters. The Labute approximate surface area is 178 Å². The fourth-order valence-electron chi connectivity index (χ4n) is 3.74. The van der Waals surface area contributed by atoms with Crippen molar-refractivity contribution >= 4 is 21.6 Å². The molecule has 0 bridgehead atoms. The first-order valence-electron chi connectivity index (χ1n) is 9.99. The van der Waals surface area contributed by atoms with Gasteiger partial charge in [-0.1, -0.05) is 29.8 Å². The molecular weight excluding hydrogens is 400 g/mol. The molecule has 160 valence electrons. The van der Waals surface area contributed by atoms with Crippen LogP contribution in [0.3, 0.4) is 0 Å². The maximum atomic E-state index is 12.4. The molecule has 1 N–H and O–H groups in total. The molecule has 8 heteroatoms. The van der Waals surface area contributed by atoms with Crippen LogP contribution in [0.15, 0.2) is 42.1 Å². The number of aromatic nitrogens is 2. The summed E-state index contributed by atoms with van der Waals surface area (Å²) in [6.07, 6.45) is 7.76. The number of nitrogens with zero attached hydrogens (tertiary/aromatic N) is 3. The molecule has 7 nitrogen and oxygen atoms in total. The molecule has 1 amide bonds. The van der Waals surface area contributed by atoms with Gasteiger partial charge in [0.05, 0.1) is 18.4 Å². The number of benzene rings is 1. The standard InChI is InChI=1S/C22H28N4O3S/c1-15-7-8-18(16(2)12-15)20-6-5-10-26(20)21-14-23-19(13-24-21)22(27)25-17(3)9-11-30(4,28)29/h7-9,11-14,17,20H,5-6,10H2,1-4H3,(H,25,27)/b11-9+/t17-,20?/m1/s1. The summed E-state index contributed by atoms with van der Waals surface area (Å²) in [5, 5.41) is 3.78. The van der Waals surface area contributed by atoms with Crippen LogP contribution < -0.4 is 10.2 Å². The summed E-state index contributed by atoms with van der Waals surface area (Å²) in [5.41, 5.74) is 4.01. The van der Waals surface area contributed by atoms with Gasteiger partial charge in [-0.05, 0) is 44.7 Å². The number of sulfone groups is 1. The molecule has 2 atom stereocenters. The number of rotatable bonds is 6. The third kappa shape index (κ3) is 5.44. The zero-order valence-corrected chi connectivity index (χ0v) is 18.6. The van der Waals surface area contributed by atoms with E-state index in [1.54, 1.807) is 13.1 Å². The third-order valence-corrected chi connectivity index (χ3v) is 5.83. The Balaban J connectivity index is 1.71. The second-order valence-corrected chi connectivity index (χ2v) is 9.82. The highest BCUT2D eigenvalue weighted by Crippen LogP contribution is 2.36. The molecule has 1 aliphatic heterocycles. The quantitative estimate of drug-likeness (QED) is 0.760. The predicted octanol–water partition coefficient (Wildman–Crippen LogP) is 3.11. The first-order valence-corrected chi connectivity index (χ1v) is 11.9. The molecule has 1 aromatic heterocycles. The topological polar surface area (TPSA) is 92.3 Å². The van der Waals surface area contributed by atoms with E-state index in [2.05, 4.69) is 52.2 Å². The Morgan fingerprint density at radius 1 is 1.27 bits per heavy atom. The molecule has 1 fully saturated rings. The lowest BCUT2D eigenvalue weighted by atomic mass is 9.97. The zero-order valence-electron chi connectivity index (χ0n) is 17.8. The van der Waals surface area contributed by atoms with Gasteiger partial charge in [0.25, 0.3) is 5.91 Å². The van der Waals surface area contributed by atoms with E-state index in [9.17, 15) is 13.2 Å². The number of amides is 1. The van der Waals surface area contributed by atoms with Crippen LogP contribution in [0.1, 0.15) is 53.0 Å². The summed E-state index contributed by atoms with van der Waals surface area (Å²) in [5.74, 6) is 0.353. The van der Waals surface area contributed by atoms with Crippen molar-refractivity contribution in [2.24, 2.45) is 0 Å². The molecule has 0 aliphatic carbocycles. The molecule has 1 aliphatic rings. The van der Waals surface area contributed by atoms with E-state index < -0.39 is 21.8 Å². The smallest absolute Gasteiger partial charge is 0.271 e. The minimum atomic E-state index is -3.23. The number of nitrogens with one attached hydrogen (secondary N) is 1. The molecule has 1 aromatic carbocycles. The van der Waals surface area contributed by atoms with Gasteiger partial charge in [0.2, 0.25) is 0 Å². The van der Waals surface area contributed by atoms with E-state index in [1.165, 1.54) is 29.0 Å². The van der Waals surface area contributed by atoms with Gasteiger partial charge >= 0.3 is 0 Å². The molecule has 30 heavy (non-hydrogen) atoms. The number of carbonyl (C=O) groups is 1. The van der Waals surface area contributed by atoms with E-state index >= 15 is 0 Å². The summed E-state index contributed by atoms with van der Waals surface area (Å²) in [7, 11) is -3.23. The van der Waals surface area contributed by atoms with Gasteiger partial charge in [0.1, 0.15) is 11.5 Å². The molecule has 0 spiro atoms. The van der Waals surface area contributed by atoms with E-state index in [0.29, 0.717) is 0 Å². The van der Waals surface area contributed by atoms with E-state index in [-0.39, 0.29) is 11.7 Å². The summed E-state index contributed by atoms with van der Waals surface area (Å²) in [6, 6.07) is 6.33. The molecule has 1 saturated heterocycles. The monoisotopic (exact) mass is 428 g/mol. The van der Waals surface area contributed by atoms with Crippen molar-refractivity contribution in [1.29, 1.82) is 0 Å². The van der Waals surface area contributed by atoms with Crippen molar-refractivity contribution < 1.29 is 13.2 Å². The molecule has 0 radical (unpaired) electrons. The van der Waals surface area contributed by atoms with E-state index in [1.807, 2.05) is 0 Å². The highest BCUT2D eigenvalue weighted by atomic mass is 32.2. The molecule has 2 heterocycles. The maximum Gasteiger partial charge on any atom is 0.271 e. The number of hydrogen-bond donors (Lipinski definition) is 1. The average Bonchev–Trinajstić information content (AvgIpc) is 3.15. The van der Waals surface area contributed by atoms with Gasteiger partial charge in [-0.2, -0.15) is 0 Å². The van der Waals surface area contributed by atoms with E-state index in [0.717, 1.165) is 36.9 Å². The normalized spacial score (nSPS) is 18.0. The predicted molar refractivity (Wildman–Crippen MR) is 118 cm³/mol. The Morgan fingerprint density at radius 3 is 2.67 bits per heavy atom. The van der Waals surface area contributed by atoms with Crippen LogP contribution in [0.25, 0.3) is 0 Å². The largest absolute Gasteiger partial charge is 0.348 e. The second-order valence-electron chi connectivity index (χ2n) is 7.89.